The summed E-state index contributed by atoms with van der Waals surface area (Å²) in [5.74, 6) is 0.605. The Morgan fingerprint density at radius 3 is 2.74 bits per heavy atom. The van der Waals surface area contributed by atoms with Crippen molar-refractivity contribution in [3.63, 3.8) is 0 Å². The van der Waals surface area contributed by atoms with Crippen LogP contribution in [0.25, 0.3) is 0 Å². The van der Waals surface area contributed by atoms with E-state index in [2.05, 4.69) is 35.4 Å². The number of halogens is 1. The summed E-state index contributed by atoms with van der Waals surface area (Å²) in [5.41, 5.74) is 0.637. The number of rotatable bonds is 4. The Labute approximate surface area is 119 Å². The average Bonchev–Trinajstić information content (AvgIpc) is 2.88. The third-order valence-corrected chi connectivity index (χ3v) is 4.46. The highest BCUT2D eigenvalue weighted by Gasteiger charge is 2.35. The van der Waals surface area contributed by atoms with Crippen LogP contribution in [0.15, 0.2) is 12.3 Å². The second-order valence-corrected chi connectivity index (χ2v) is 5.69. The van der Waals surface area contributed by atoms with E-state index < -0.39 is 0 Å². The first kappa shape index (κ1) is 14.1. The van der Waals surface area contributed by atoms with Gasteiger partial charge in [0.25, 0.3) is 0 Å². The van der Waals surface area contributed by atoms with Crippen molar-refractivity contribution < 1.29 is 0 Å². The molecule has 1 aliphatic carbocycles. The summed E-state index contributed by atoms with van der Waals surface area (Å²) in [6, 6.07) is 3.70. The van der Waals surface area contributed by atoms with Crippen LogP contribution < -0.4 is 5.32 Å². The lowest BCUT2D eigenvalue weighted by molar-refractivity contribution is 0.172. The molecule has 102 valence electrons. The van der Waals surface area contributed by atoms with Crippen molar-refractivity contribution in [3.05, 3.63) is 22.8 Å². The molecule has 0 aliphatic heterocycles. The van der Waals surface area contributed by atoms with E-state index in [4.69, 9.17) is 16.9 Å². The molecule has 1 heterocycles. The van der Waals surface area contributed by atoms with Crippen molar-refractivity contribution in [1.29, 1.82) is 5.26 Å². The summed E-state index contributed by atoms with van der Waals surface area (Å²) in [5, 5.41) is 12.7. The number of nitriles is 1. The van der Waals surface area contributed by atoms with Gasteiger partial charge in [-0.05, 0) is 33.0 Å². The van der Waals surface area contributed by atoms with Crippen LogP contribution in [0.4, 0.5) is 5.82 Å². The summed E-state index contributed by atoms with van der Waals surface area (Å²) in [7, 11) is 4.24. The molecule has 0 radical (unpaired) electrons. The SMILES string of the molecule is CN(C)C1(CNc2nccc(C#N)c2Cl)CCCC1. The molecule has 1 aromatic heterocycles. The maximum Gasteiger partial charge on any atom is 0.146 e. The minimum absolute atomic E-state index is 0.174. The number of nitrogens with one attached hydrogen (secondary N) is 1. The van der Waals surface area contributed by atoms with Gasteiger partial charge in [0.1, 0.15) is 16.9 Å². The normalized spacial score (nSPS) is 17.4. The molecule has 0 amide bonds. The minimum Gasteiger partial charge on any atom is -0.367 e. The van der Waals surface area contributed by atoms with E-state index in [0.717, 1.165) is 6.54 Å². The molecule has 19 heavy (non-hydrogen) atoms. The maximum atomic E-state index is 8.96. The molecule has 1 fully saturated rings. The second kappa shape index (κ2) is 5.77. The topological polar surface area (TPSA) is 52.0 Å². The number of aromatic nitrogens is 1. The summed E-state index contributed by atoms with van der Waals surface area (Å²) >= 11 is 6.16. The quantitative estimate of drug-likeness (QED) is 0.920. The average molecular weight is 279 g/mol. The fourth-order valence-electron chi connectivity index (χ4n) is 2.72. The number of hydrogen-bond acceptors (Lipinski definition) is 4. The van der Waals surface area contributed by atoms with Crippen molar-refractivity contribution in [2.75, 3.05) is 26.0 Å². The molecule has 1 aromatic rings. The van der Waals surface area contributed by atoms with Crippen LogP contribution in [0.5, 0.6) is 0 Å². The van der Waals surface area contributed by atoms with Crippen LogP contribution in [0.1, 0.15) is 31.2 Å². The van der Waals surface area contributed by atoms with Gasteiger partial charge in [-0.3, -0.25) is 0 Å². The van der Waals surface area contributed by atoms with Crippen LogP contribution in [0.2, 0.25) is 5.02 Å². The second-order valence-electron chi connectivity index (χ2n) is 5.31. The molecule has 0 bridgehead atoms. The van der Waals surface area contributed by atoms with Crippen LogP contribution >= 0.6 is 11.6 Å². The number of nitrogens with zero attached hydrogens (tertiary/aromatic N) is 3. The summed E-state index contributed by atoms with van der Waals surface area (Å²) in [6.45, 7) is 0.807. The molecule has 0 saturated heterocycles. The van der Waals surface area contributed by atoms with E-state index in [1.807, 2.05) is 0 Å². The number of anilines is 1. The summed E-state index contributed by atoms with van der Waals surface area (Å²) in [4.78, 5) is 6.51. The van der Waals surface area contributed by atoms with E-state index in [1.165, 1.54) is 25.7 Å². The fourth-order valence-corrected chi connectivity index (χ4v) is 2.94. The van der Waals surface area contributed by atoms with Crippen LogP contribution in [0.3, 0.4) is 0 Å². The van der Waals surface area contributed by atoms with Gasteiger partial charge in [-0.15, -0.1) is 0 Å². The predicted molar refractivity (Wildman–Crippen MR) is 77.3 cm³/mol. The van der Waals surface area contributed by atoms with Gasteiger partial charge in [0, 0.05) is 18.3 Å². The van der Waals surface area contributed by atoms with E-state index in [-0.39, 0.29) is 5.54 Å². The van der Waals surface area contributed by atoms with E-state index in [1.54, 1.807) is 12.3 Å². The Bertz CT molecular complexity index is 487. The predicted octanol–water partition coefficient (Wildman–Crippen LogP) is 2.89. The molecule has 2 rings (SSSR count). The maximum absolute atomic E-state index is 8.96. The number of pyridine rings is 1. The number of likely N-dealkylation sites (N-methyl/N-ethyl adjacent to an activating group) is 1. The van der Waals surface area contributed by atoms with Crippen LogP contribution in [0, 0.1) is 11.3 Å². The molecule has 5 heteroatoms. The van der Waals surface area contributed by atoms with E-state index in [9.17, 15) is 0 Å². The monoisotopic (exact) mass is 278 g/mol. The van der Waals surface area contributed by atoms with Crippen molar-refractivity contribution in [2.45, 2.75) is 31.2 Å². The summed E-state index contributed by atoms with van der Waals surface area (Å²) < 4.78 is 0. The number of hydrogen-bond donors (Lipinski definition) is 1. The third kappa shape index (κ3) is 2.83. The molecule has 0 aromatic carbocycles. The van der Waals surface area contributed by atoms with Crippen molar-refractivity contribution in [3.8, 4) is 6.07 Å². The van der Waals surface area contributed by atoms with E-state index >= 15 is 0 Å². The van der Waals surface area contributed by atoms with Crippen molar-refractivity contribution in [1.82, 2.24) is 9.88 Å². The first-order chi connectivity index (χ1) is 9.09. The van der Waals surface area contributed by atoms with Gasteiger partial charge in [0.15, 0.2) is 0 Å². The highest BCUT2D eigenvalue weighted by atomic mass is 35.5. The zero-order valence-corrected chi connectivity index (χ0v) is 12.2. The highest BCUT2D eigenvalue weighted by molar-refractivity contribution is 6.34. The zero-order valence-electron chi connectivity index (χ0n) is 11.4. The van der Waals surface area contributed by atoms with E-state index in [0.29, 0.717) is 16.4 Å². The van der Waals surface area contributed by atoms with Crippen molar-refractivity contribution >= 4 is 17.4 Å². The zero-order chi connectivity index (χ0) is 13.9. The Morgan fingerprint density at radius 2 is 2.16 bits per heavy atom. The largest absolute Gasteiger partial charge is 0.367 e. The van der Waals surface area contributed by atoms with Crippen molar-refractivity contribution in [2.24, 2.45) is 0 Å². The molecule has 1 N–H and O–H groups in total. The smallest absolute Gasteiger partial charge is 0.146 e. The molecule has 0 unspecified atom stereocenters. The van der Waals surface area contributed by atoms with Gasteiger partial charge >= 0.3 is 0 Å². The fraction of sp³-hybridized carbons (Fsp3) is 0.571. The molecule has 0 atom stereocenters. The van der Waals surface area contributed by atoms with Gasteiger partial charge in [-0.25, -0.2) is 4.98 Å². The first-order valence-corrected chi connectivity index (χ1v) is 6.93. The molecule has 4 nitrogen and oxygen atoms in total. The Balaban J connectivity index is 2.12. The Morgan fingerprint density at radius 1 is 1.47 bits per heavy atom. The molecule has 1 aliphatic rings. The lowest BCUT2D eigenvalue weighted by Crippen LogP contribution is -2.47. The molecular weight excluding hydrogens is 260 g/mol. The van der Waals surface area contributed by atoms with Crippen LogP contribution in [-0.2, 0) is 0 Å². The standard InChI is InChI=1S/C14H19ClN4/c1-19(2)14(6-3-4-7-14)10-18-13-12(15)11(9-16)5-8-17-13/h5,8H,3-4,6-7,10H2,1-2H3,(H,17,18). The van der Waals surface area contributed by atoms with Crippen LogP contribution in [-0.4, -0.2) is 36.1 Å². The minimum atomic E-state index is 0.174. The Kier molecular flexibility index (Phi) is 4.28. The molecule has 1 saturated carbocycles. The molecular formula is C14H19ClN4. The summed E-state index contributed by atoms with van der Waals surface area (Å²) in [6.07, 6.45) is 6.51. The van der Waals surface area contributed by atoms with Gasteiger partial charge in [-0.2, -0.15) is 5.26 Å². The van der Waals surface area contributed by atoms with Gasteiger partial charge in [0.05, 0.1) is 5.56 Å². The lowest BCUT2D eigenvalue weighted by atomic mass is 9.96. The molecule has 0 spiro atoms. The Hall–Kier alpha value is -1.31. The van der Waals surface area contributed by atoms with Gasteiger partial charge in [0.2, 0.25) is 0 Å². The van der Waals surface area contributed by atoms with Gasteiger partial charge in [-0.1, -0.05) is 24.4 Å². The van der Waals surface area contributed by atoms with Gasteiger partial charge < -0.3 is 10.2 Å². The highest BCUT2D eigenvalue weighted by Crippen LogP contribution is 2.34. The lowest BCUT2D eigenvalue weighted by Gasteiger charge is -2.36. The third-order valence-electron chi connectivity index (χ3n) is 4.08. The first-order valence-electron chi connectivity index (χ1n) is 6.55.